The monoisotopic (exact) mass is 225 g/mol. The van der Waals surface area contributed by atoms with Crippen LogP contribution in [0.4, 0.5) is 0 Å². The third kappa shape index (κ3) is 5.40. The third-order valence-corrected chi connectivity index (χ3v) is 6.50. The summed E-state index contributed by atoms with van der Waals surface area (Å²) in [4.78, 5) is 2.50. The maximum absolute atomic E-state index is 2.51. The Kier molecular flexibility index (Phi) is 5.44. The minimum absolute atomic E-state index is 0.901. The van der Waals surface area contributed by atoms with E-state index in [-0.39, 0.29) is 0 Å². The van der Waals surface area contributed by atoms with Crippen molar-refractivity contribution in [3.8, 4) is 0 Å². The average Bonchev–Trinajstić information content (AvgIpc) is 2.19. The highest BCUT2D eigenvalue weighted by molar-refractivity contribution is 6.77. The zero-order chi connectivity index (χ0) is 11.1. The number of likely N-dealkylation sites (tertiary alicyclic amines) is 1. The third-order valence-electron chi connectivity index (χ3n) is 3.30. The Morgan fingerprint density at radius 3 is 2.40 bits per heavy atom. The highest BCUT2D eigenvalue weighted by Gasteiger charge is 2.17. The van der Waals surface area contributed by atoms with Crippen molar-refractivity contribution < 1.29 is 0 Å². The summed E-state index contributed by atoms with van der Waals surface area (Å²) in [7, 11) is -0.901. The molecule has 0 N–H and O–H groups in total. The predicted molar refractivity (Wildman–Crippen MR) is 72.0 cm³/mol. The van der Waals surface area contributed by atoms with E-state index in [0.29, 0.717) is 0 Å². The molecular formula is C13H27NSi. The van der Waals surface area contributed by atoms with Gasteiger partial charge in [-0.3, -0.25) is 0 Å². The number of allylic oxidation sites excluding steroid dienone is 1. The molecule has 88 valence electrons. The molecule has 1 saturated heterocycles. The zero-order valence-corrected chi connectivity index (χ0v) is 11.8. The SMILES string of the molecule is CCC[Si](C)(C)CC=CN1CCCCC1. The van der Waals surface area contributed by atoms with Crippen molar-refractivity contribution in [2.24, 2.45) is 0 Å². The van der Waals surface area contributed by atoms with Gasteiger partial charge < -0.3 is 4.90 Å². The fraction of sp³-hybridized carbons (Fsp3) is 0.846. The van der Waals surface area contributed by atoms with Gasteiger partial charge in [-0.05, 0) is 31.5 Å². The van der Waals surface area contributed by atoms with E-state index in [2.05, 4.69) is 37.2 Å². The van der Waals surface area contributed by atoms with E-state index in [4.69, 9.17) is 0 Å². The van der Waals surface area contributed by atoms with Crippen LogP contribution in [0.25, 0.3) is 0 Å². The van der Waals surface area contributed by atoms with Gasteiger partial charge in [0, 0.05) is 13.1 Å². The van der Waals surface area contributed by atoms with Crippen molar-refractivity contribution in [3.63, 3.8) is 0 Å². The van der Waals surface area contributed by atoms with Gasteiger partial charge in [0.1, 0.15) is 0 Å². The van der Waals surface area contributed by atoms with Crippen molar-refractivity contribution >= 4 is 8.07 Å². The topological polar surface area (TPSA) is 3.24 Å². The summed E-state index contributed by atoms with van der Waals surface area (Å²) in [5, 5.41) is 0. The van der Waals surface area contributed by atoms with Crippen LogP contribution in [0.2, 0.25) is 25.2 Å². The van der Waals surface area contributed by atoms with Gasteiger partial charge in [-0.1, -0.05) is 38.6 Å². The Morgan fingerprint density at radius 1 is 1.13 bits per heavy atom. The highest BCUT2D eigenvalue weighted by atomic mass is 28.3. The minimum Gasteiger partial charge on any atom is -0.378 e. The summed E-state index contributed by atoms with van der Waals surface area (Å²) in [6.45, 7) is 9.90. The molecule has 0 spiro atoms. The standard InChI is InChI=1S/C13H27NSi/c1-4-12-15(2,3)13-8-11-14-9-6-5-7-10-14/h8,11H,4-7,9-10,12-13H2,1-3H3. The lowest BCUT2D eigenvalue weighted by molar-refractivity contribution is 0.309. The van der Waals surface area contributed by atoms with Gasteiger partial charge in [0.15, 0.2) is 0 Å². The number of rotatable bonds is 5. The first-order chi connectivity index (χ1) is 7.14. The molecular weight excluding hydrogens is 198 g/mol. The zero-order valence-electron chi connectivity index (χ0n) is 10.8. The Labute approximate surface area is 96.6 Å². The molecule has 0 bridgehead atoms. The maximum atomic E-state index is 2.51. The van der Waals surface area contributed by atoms with Crippen molar-refractivity contribution in [2.45, 2.75) is 57.8 Å². The fourth-order valence-electron chi connectivity index (χ4n) is 2.37. The van der Waals surface area contributed by atoms with Crippen LogP contribution in [0.3, 0.4) is 0 Å². The van der Waals surface area contributed by atoms with Crippen LogP contribution in [0, 0.1) is 0 Å². The Hall–Kier alpha value is -0.243. The van der Waals surface area contributed by atoms with Gasteiger partial charge in [0.05, 0.1) is 8.07 Å². The van der Waals surface area contributed by atoms with Crippen molar-refractivity contribution in [2.75, 3.05) is 13.1 Å². The summed E-state index contributed by atoms with van der Waals surface area (Å²) >= 11 is 0. The molecule has 1 nitrogen and oxygen atoms in total. The van der Waals surface area contributed by atoms with E-state index in [1.807, 2.05) is 0 Å². The normalized spacial score (nSPS) is 18.7. The number of hydrogen-bond acceptors (Lipinski definition) is 1. The Balaban J connectivity index is 2.25. The lowest BCUT2D eigenvalue weighted by Gasteiger charge is -2.25. The molecule has 0 aliphatic carbocycles. The molecule has 0 unspecified atom stereocenters. The summed E-state index contributed by atoms with van der Waals surface area (Å²) in [6, 6.07) is 2.83. The molecule has 2 heteroatoms. The molecule has 1 heterocycles. The molecule has 0 aromatic rings. The van der Waals surface area contributed by atoms with E-state index in [9.17, 15) is 0 Å². The fourth-order valence-corrected chi connectivity index (χ4v) is 4.67. The molecule has 0 radical (unpaired) electrons. The quantitative estimate of drug-likeness (QED) is 0.637. The van der Waals surface area contributed by atoms with Crippen LogP contribution >= 0.6 is 0 Å². The first kappa shape index (κ1) is 12.8. The second kappa shape index (κ2) is 6.36. The maximum Gasteiger partial charge on any atom is 0.0511 e. The Morgan fingerprint density at radius 2 is 1.80 bits per heavy atom. The second-order valence-electron chi connectivity index (χ2n) is 5.60. The van der Waals surface area contributed by atoms with Gasteiger partial charge in [-0.15, -0.1) is 0 Å². The molecule has 1 rings (SSSR count). The minimum atomic E-state index is -0.901. The van der Waals surface area contributed by atoms with E-state index in [0.717, 1.165) is 0 Å². The molecule has 15 heavy (non-hydrogen) atoms. The van der Waals surface area contributed by atoms with Gasteiger partial charge in [0.2, 0.25) is 0 Å². The number of hydrogen-bond donors (Lipinski definition) is 0. The molecule has 0 aromatic heterocycles. The molecule has 0 aromatic carbocycles. The first-order valence-corrected chi connectivity index (χ1v) is 9.96. The number of nitrogens with zero attached hydrogens (tertiary/aromatic N) is 1. The first-order valence-electron chi connectivity index (χ1n) is 6.55. The van der Waals surface area contributed by atoms with Gasteiger partial charge in [0.25, 0.3) is 0 Å². The average molecular weight is 225 g/mol. The van der Waals surface area contributed by atoms with Crippen LogP contribution in [0.15, 0.2) is 12.3 Å². The summed E-state index contributed by atoms with van der Waals surface area (Å²) in [5.74, 6) is 0. The largest absolute Gasteiger partial charge is 0.378 e. The van der Waals surface area contributed by atoms with E-state index < -0.39 is 8.07 Å². The summed E-state index contributed by atoms with van der Waals surface area (Å²) in [6.07, 6.45) is 10.4. The van der Waals surface area contributed by atoms with Crippen molar-refractivity contribution in [1.29, 1.82) is 0 Å². The van der Waals surface area contributed by atoms with Crippen LogP contribution in [-0.2, 0) is 0 Å². The van der Waals surface area contributed by atoms with E-state index in [1.54, 1.807) is 0 Å². The van der Waals surface area contributed by atoms with Gasteiger partial charge >= 0.3 is 0 Å². The van der Waals surface area contributed by atoms with Crippen molar-refractivity contribution in [3.05, 3.63) is 12.3 Å². The smallest absolute Gasteiger partial charge is 0.0511 e. The lowest BCUT2D eigenvalue weighted by Crippen LogP contribution is -2.26. The number of piperidine rings is 1. The predicted octanol–water partition coefficient (Wildman–Crippen LogP) is 4.10. The van der Waals surface area contributed by atoms with Crippen LogP contribution < -0.4 is 0 Å². The van der Waals surface area contributed by atoms with Crippen LogP contribution in [-0.4, -0.2) is 26.1 Å². The van der Waals surface area contributed by atoms with Gasteiger partial charge in [-0.2, -0.15) is 0 Å². The van der Waals surface area contributed by atoms with Gasteiger partial charge in [-0.25, -0.2) is 0 Å². The molecule has 1 aliphatic rings. The molecule has 1 aliphatic heterocycles. The molecule has 0 saturated carbocycles. The Bertz CT molecular complexity index is 193. The van der Waals surface area contributed by atoms with E-state index in [1.165, 1.54) is 50.9 Å². The molecule has 0 atom stereocenters. The molecule has 1 fully saturated rings. The van der Waals surface area contributed by atoms with Crippen LogP contribution in [0.1, 0.15) is 32.6 Å². The van der Waals surface area contributed by atoms with Crippen LogP contribution in [0.5, 0.6) is 0 Å². The summed E-state index contributed by atoms with van der Waals surface area (Å²) < 4.78 is 0. The van der Waals surface area contributed by atoms with E-state index >= 15 is 0 Å². The molecule has 0 amide bonds. The lowest BCUT2D eigenvalue weighted by atomic mass is 10.1. The van der Waals surface area contributed by atoms with Crippen molar-refractivity contribution in [1.82, 2.24) is 4.90 Å². The second-order valence-corrected chi connectivity index (χ2v) is 10.8. The highest BCUT2D eigenvalue weighted by Crippen LogP contribution is 2.18. The summed E-state index contributed by atoms with van der Waals surface area (Å²) in [5.41, 5.74) is 0.